The first kappa shape index (κ1) is 10.4. The third-order valence-corrected chi connectivity index (χ3v) is 1.88. The van der Waals surface area contributed by atoms with E-state index in [1.165, 1.54) is 0 Å². The molecule has 1 N–H and O–H groups in total. The molecule has 0 fully saturated rings. The van der Waals surface area contributed by atoms with Gasteiger partial charge >= 0.3 is 0 Å². The van der Waals surface area contributed by atoms with Crippen molar-refractivity contribution in [3.05, 3.63) is 28.8 Å². The Balaban J connectivity index is 2.70. The largest absolute Gasteiger partial charge is 0.489 e. The van der Waals surface area contributed by atoms with Gasteiger partial charge in [-0.15, -0.1) is 0 Å². The molecule has 0 unspecified atom stereocenters. The van der Waals surface area contributed by atoms with Gasteiger partial charge in [-0.1, -0.05) is 17.7 Å². The van der Waals surface area contributed by atoms with Crippen LogP contribution >= 0.6 is 11.6 Å². The molecule has 0 saturated carbocycles. The van der Waals surface area contributed by atoms with E-state index >= 15 is 0 Å². The first-order chi connectivity index (χ1) is 6.09. The Morgan fingerprint density at radius 1 is 1.54 bits per heavy atom. The summed E-state index contributed by atoms with van der Waals surface area (Å²) < 4.78 is 5.30. The van der Waals surface area contributed by atoms with E-state index in [0.717, 1.165) is 5.56 Å². The zero-order chi connectivity index (χ0) is 9.84. The monoisotopic (exact) mass is 200 g/mol. The molecule has 1 atom stereocenters. The molecule has 0 aliphatic carbocycles. The standard InChI is InChI=1S/C10H13ClO2/c1-7-3-4-9(11)10(5-7)13-6-8(2)12/h3-5,8,12H,6H2,1-2H3/t8-/m1/s1. The molecule has 13 heavy (non-hydrogen) atoms. The minimum absolute atomic E-state index is 0.267. The van der Waals surface area contributed by atoms with Crippen LogP contribution in [0.4, 0.5) is 0 Å². The van der Waals surface area contributed by atoms with Gasteiger partial charge in [-0.2, -0.15) is 0 Å². The van der Waals surface area contributed by atoms with Crippen LogP contribution in [0, 0.1) is 6.92 Å². The maximum atomic E-state index is 9.01. The van der Waals surface area contributed by atoms with E-state index in [0.29, 0.717) is 10.8 Å². The quantitative estimate of drug-likeness (QED) is 0.812. The van der Waals surface area contributed by atoms with Crippen molar-refractivity contribution >= 4 is 11.6 Å². The SMILES string of the molecule is Cc1ccc(Cl)c(OC[C@@H](C)O)c1. The smallest absolute Gasteiger partial charge is 0.138 e. The van der Waals surface area contributed by atoms with Gasteiger partial charge in [0.2, 0.25) is 0 Å². The van der Waals surface area contributed by atoms with Crippen LogP contribution < -0.4 is 4.74 Å². The van der Waals surface area contributed by atoms with Crippen LogP contribution in [0.5, 0.6) is 5.75 Å². The van der Waals surface area contributed by atoms with Crippen LogP contribution in [0.15, 0.2) is 18.2 Å². The topological polar surface area (TPSA) is 29.5 Å². The van der Waals surface area contributed by atoms with Crippen molar-refractivity contribution < 1.29 is 9.84 Å². The van der Waals surface area contributed by atoms with Gasteiger partial charge in [0, 0.05) is 0 Å². The van der Waals surface area contributed by atoms with E-state index in [1.54, 1.807) is 13.0 Å². The molecule has 0 aliphatic rings. The van der Waals surface area contributed by atoms with Crippen molar-refractivity contribution in [3.63, 3.8) is 0 Å². The molecule has 2 nitrogen and oxygen atoms in total. The summed E-state index contributed by atoms with van der Waals surface area (Å²) in [7, 11) is 0. The summed E-state index contributed by atoms with van der Waals surface area (Å²) in [5, 5.41) is 9.58. The van der Waals surface area contributed by atoms with Gasteiger partial charge in [0.05, 0.1) is 11.1 Å². The molecule has 0 amide bonds. The number of halogens is 1. The Morgan fingerprint density at radius 3 is 2.85 bits per heavy atom. The number of rotatable bonds is 3. The maximum Gasteiger partial charge on any atom is 0.138 e. The second kappa shape index (κ2) is 4.49. The van der Waals surface area contributed by atoms with Gasteiger partial charge in [-0.25, -0.2) is 0 Å². The molecule has 1 aromatic rings. The summed E-state index contributed by atoms with van der Waals surface area (Å²) in [4.78, 5) is 0. The highest BCUT2D eigenvalue weighted by atomic mass is 35.5. The number of ether oxygens (including phenoxy) is 1. The lowest BCUT2D eigenvalue weighted by atomic mass is 10.2. The van der Waals surface area contributed by atoms with Gasteiger partial charge < -0.3 is 9.84 Å². The highest BCUT2D eigenvalue weighted by molar-refractivity contribution is 6.32. The number of aliphatic hydroxyl groups is 1. The fourth-order valence-electron chi connectivity index (χ4n) is 0.932. The van der Waals surface area contributed by atoms with Crippen molar-refractivity contribution in [1.29, 1.82) is 0 Å². The summed E-state index contributed by atoms with van der Waals surface area (Å²) in [6.45, 7) is 3.90. The average molecular weight is 201 g/mol. The summed E-state index contributed by atoms with van der Waals surface area (Å²) in [6, 6.07) is 5.55. The number of aryl methyl sites for hydroxylation is 1. The van der Waals surface area contributed by atoms with Crippen molar-refractivity contribution in [1.82, 2.24) is 0 Å². The fourth-order valence-corrected chi connectivity index (χ4v) is 1.10. The molecule has 0 saturated heterocycles. The molecular formula is C10H13ClO2. The van der Waals surface area contributed by atoms with Gasteiger partial charge in [0.25, 0.3) is 0 Å². The number of hydrogen-bond acceptors (Lipinski definition) is 2. The molecule has 3 heteroatoms. The molecule has 0 heterocycles. The lowest BCUT2D eigenvalue weighted by molar-refractivity contribution is 0.123. The van der Waals surface area contributed by atoms with E-state index < -0.39 is 6.10 Å². The number of hydrogen-bond donors (Lipinski definition) is 1. The van der Waals surface area contributed by atoms with Crippen molar-refractivity contribution in [2.75, 3.05) is 6.61 Å². The highest BCUT2D eigenvalue weighted by Gasteiger charge is 2.02. The predicted molar refractivity (Wildman–Crippen MR) is 53.4 cm³/mol. The molecule has 0 radical (unpaired) electrons. The minimum atomic E-state index is -0.475. The average Bonchev–Trinajstić information content (AvgIpc) is 2.06. The van der Waals surface area contributed by atoms with Gasteiger partial charge in [-0.3, -0.25) is 0 Å². The Morgan fingerprint density at radius 2 is 2.23 bits per heavy atom. The van der Waals surface area contributed by atoms with Crippen LogP contribution in [0.25, 0.3) is 0 Å². The van der Waals surface area contributed by atoms with Crippen molar-refractivity contribution in [2.24, 2.45) is 0 Å². The molecule has 0 spiro atoms. The summed E-state index contributed by atoms with van der Waals surface area (Å²) >= 11 is 5.87. The van der Waals surface area contributed by atoms with E-state index in [9.17, 15) is 0 Å². The van der Waals surface area contributed by atoms with Gasteiger partial charge in [-0.05, 0) is 31.5 Å². The zero-order valence-corrected chi connectivity index (χ0v) is 8.51. The Labute approximate surface area is 83.1 Å². The number of aliphatic hydroxyl groups excluding tert-OH is 1. The van der Waals surface area contributed by atoms with Crippen LogP contribution in [0.1, 0.15) is 12.5 Å². The Kier molecular flexibility index (Phi) is 3.58. The van der Waals surface area contributed by atoms with Crippen LogP contribution in [0.2, 0.25) is 5.02 Å². The van der Waals surface area contributed by atoms with Gasteiger partial charge in [0.15, 0.2) is 0 Å². The molecular weight excluding hydrogens is 188 g/mol. The van der Waals surface area contributed by atoms with E-state index in [2.05, 4.69) is 0 Å². The molecule has 0 bridgehead atoms. The molecule has 1 rings (SSSR count). The lowest BCUT2D eigenvalue weighted by Gasteiger charge is -2.09. The van der Waals surface area contributed by atoms with Crippen molar-refractivity contribution in [3.8, 4) is 5.75 Å². The first-order valence-corrected chi connectivity index (χ1v) is 4.54. The molecule has 72 valence electrons. The predicted octanol–water partition coefficient (Wildman–Crippen LogP) is 2.41. The normalized spacial score (nSPS) is 12.6. The second-order valence-corrected chi connectivity index (χ2v) is 3.50. The van der Waals surface area contributed by atoms with Crippen LogP contribution in [-0.2, 0) is 0 Å². The van der Waals surface area contributed by atoms with Crippen LogP contribution in [0.3, 0.4) is 0 Å². The minimum Gasteiger partial charge on any atom is -0.489 e. The maximum absolute atomic E-state index is 9.01. The third-order valence-electron chi connectivity index (χ3n) is 1.57. The first-order valence-electron chi connectivity index (χ1n) is 4.16. The Hall–Kier alpha value is -0.730. The zero-order valence-electron chi connectivity index (χ0n) is 7.75. The van der Waals surface area contributed by atoms with Gasteiger partial charge in [0.1, 0.15) is 12.4 Å². The Bertz CT molecular complexity index is 284. The summed E-state index contributed by atoms with van der Waals surface area (Å²) in [5.41, 5.74) is 1.09. The van der Waals surface area contributed by atoms with Crippen LogP contribution in [-0.4, -0.2) is 17.8 Å². The molecule has 0 aliphatic heterocycles. The second-order valence-electron chi connectivity index (χ2n) is 3.09. The number of benzene rings is 1. The van der Waals surface area contributed by atoms with E-state index in [1.807, 2.05) is 19.1 Å². The summed E-state index contributed by atoms with van der Waals surface area (Å²) in [5.74, 6) is 0.627. The molecule has 0 aromatic heterocycles. The van der Waals surface area contributed by atoms with E-state index in [4.69, 9.17) is 21.4 Å². The molecule has 1 aromatic carbocycles. The van der Waals surface area contributed by atoms with E-state index in [-0.39, 0.29) is 6.61 Å². The van der Waals surface area contributed by atoms with Crippen molar-refractivity contribution in [2.45, 2.75) is 20.0 Å². The fraction of sp³-hybridized carbons (Fsp3) is 0.400. The third kappa shape index (κ3) is 3.25. The summed E-state index contributed by atoms with van der Waals surface area (Å²) in [6.07, 6.45) is -0.475. The highest BCUT2D eigenvalue weighted by Crippen LogP contribution is 2.25. The lowest BCUT2D eigenvalue weighted by Crippen LogP contribution is -2.12.